The van der Waals surface area contributed by atoms with Crippen LogP contribution in [0, 0.1) is 10.1 Å². The Bertz CT molecular complexity index is 583. The summed E-state index contributed by atoms with van der Waals surface area (Å²) in [6, 6.07) is 2.25. The van der Waals surface area contributed by atoms with Gasteiger partial charge in [-0.15, -0.1) is 0 Å². The summed E-state index contributed by atoms with van der Waals surface area (Å²) >= 11 is 0. The van der Waals surface area contributed by atoms with Gasteiger partial charge in [0.2, 0.25) is 5.75 Å². The molecule has 0 amide bonds. The first-order valence-electron chi connectivity index (χ1n) is 4.14. The number of nitro benzene ring substituents is 1. The molecule has 0 N–H and O–H groups in total. The van der Waals surface area contributed by atoms with Crippen molar-refractivity contribution in [3.8, 4) is 5.75 Å². The zero-order chi connectivity index (χ0) is 13.2. The van der Waals surface area contributed by atoms with Crippen LogP contribution in [-0.4, -0.2) is 23.9 Å². The number of carbonyl (C=O) groups excluding carboxylic acids is 1. The molecule has 92 valence electrons. The fourth-order valence-corrected chi connectivity index (χ4v) is 1.53. The maximum atomic E-state index is 10.7. The molecule has 0 aromatic heterocycles. The summed E-state index contributed by atoms with van der Waals surface area (Å²) in [5.74, 6) is -1.22. The first-order chi connectivity index (χ1) is 7.71. The number of hydrogen-bond acceptors (Lipinski definition) is 7. The summed E-state index contributed by atoms with van der Waals surface area (Å²) < 4.78 is 36.5. The van der Waals surface area contributed by atoms with E-state index < -0.39 is 37.3 Å². The summed E-state index contributed by atoms with van der Waals surface area (Å²) in [5, 5.41) is 10.6. The summed E-state index contributed by atoms with van der Waals surface area (Å²) in [5.41, 5.74) is -0.767. The molecule has 0 aliphatic carbocycles. The van der Waals surface area contributed by atoms with Crippen LogP contribution in [0.3, 0.4) is 0 Å². The van der Waals surface area contributed by atoms with Crippen LogP contribution in [0.25, 0.3) is 0 Å². The predicted octanol–water partition coefficient (Wildman–Crippen LogP) is -2.57. The Morgan fingerprint density at radius 3 is 2.33 bits per heavy atom. The van der Waals surface area contributed by atoms with Gasteiger partial charge in [-0.3, -0.25) is 14.9 Å². The smallest absolute Gasteiger partial charge is 0.744 e. The van der Waals surface area contributed by atoms with Crippen LogP contribution in [0.1, 0.15) is 6.92 Å². The van der Waals surface area contributed by atoms with Crippen molar-refractivity contribution >= 4 is 21.8 Å². The van der Waals surface area contributed by atoms with Crippen molar-refractivity contribution in [3.63, 3.8) is 0 Å². The quantitative estimate of drug-likeness (QED) is 0.149. The summed E-state index contributed by atoms with van der Waals surface area (Å²) in [4.78, 5) is 19.5. The van der Waals surface area contributed by atoms with E-state index in [1.807, 2.05) is 0 Å². The van der Waals surface area contributed by atoms with Crippen molar-refractivity contribution in [1.82, 2.24) is 0 Å². The summed E-state index contributed by atoms with van der Waals surface area (Å²) in [6.45, 7) is 1.03. The standard InChI is InChI=1S/C8H7NO7S.Na/c1-5(10)16-8-3-2-6(17(13,14)15)4-7(8)9(11)12;/h2-4H,1H3,(H,13,14,15);/q;+1/p-1. The Labute approximate surface area is 124 Å². The van der Waals surface area contributed by atoms with Gasteiger partial charge in [0, 0.05) is 13.0 Å². The second-order valence-electron chi connectivity index (χ2n) is 2.93. The number of rotatable bonds is 3. The van der Waals surface area contributed by atoms with Gasteiger partial charge in [-0.05, 0) is 12.1 Å². The maximum Gasteiger partial charge on any atom is 1.00 e. The van der Waals surface area contributed by atoms with Crippen LogP contribution in [0.5, 0.6) is 5.75 Å². The molecular weight excluding hydrogens is 277 g/mol. The molecule has 0 saturated heterocycles. The van der Waals surface area contributed by atoms with Crippen LogP contribution >= 0.6 is 0 Å². The fraction of sp³-hybridized carbons (Fsp3) is 0.125. The Kier molecular flexibility index (Phi) is 5.90. The average Bonchev–Trinajstić information content (AvgIpc) is 2.15. The summed E-state index contributed by atoms with van der Waals surface area (Å²) in [7, 11) is -4.80. The van der Waals surface area contributed by atoms with Gasteiger partial charge in [0.05, 0.1) is 9.82 Å². The van der Waals surface area contributed by atoms with E-state index >= 15 is 0 Å². The Balaban J connectivity index is 0.00000289. The molecule has 8 nitrogen and oxygen atoms in total. The average molecular weight is 283 g/mol. The number of benzene rings is 1. The topological polar surface area (TPSA) is 127 Å². The number of hydrogen-bond donors (Lipinski definition) is 0. The maximum absolute atomic E-state index is 10.7. The van der Waals surface area contributed by atoms with Gasteiger partial charge in [-0.1, -0.05) is 0 Å². The predicted molar refractivity (Wildman–Crippen MR) is 52.4 cm³/mol. The van der Waals surface area contributed by atoms with Crippen molar-refractivity contribution in [1.29, 1.82) is 0 Å². The molecule has 0 spiro atoms. The molecule has 10 heteroatoms. The first-order valence-corrected chi connectivity index (χ1v) is 5.55. The molecule has 1 aromatic carbocycles. The van der Waals surface area contributed by atoms with Gasteiger partial charge in [-0.2, -0.15) is 0 Å². The van der Waals surface area contributed by atoms with Crippen LogP contribution in [-0.2, 0) is 14.9 Å². The molecule has 0 unspecified atom stereocenters. The fourth-order valence-electron chi connectivity index (χ4n) is 1.04. The normalized spacial score (nSPS) is 10.3. The molecule has 1 aromatic rings. The Morgan fingerprint density at radius 1 is 1.39 bits per heavy atom. The minimum atomic E-state index is -4.80. The van der Waals surface area contributed by atoms with Crippen LogP contribution < -0.4 is 34.3 Å². The van der Waals surface area contributed by atoms with Gasteiger partial charge in [0.25, 0.3) is 0 Å². The van der Waals surface area contributed by atoms with Gasteiger partial charge < -0.3 is 9.29 Å². The van der Waals surface area contributed by atoms with Crippen molar-refractivity contribution < 1.29 is 57.0 Å². The van der Waals surface area contributed by atoms with Gasteiger partial charge in [-0.25, -0.2) is 8.42 Å². The number of nitro groups is 1. The van der Waals surface area contributed by atoms with E-state index in [9.17, 15) is 27.9 Å². The second-order valence-corrected chi connectivity index (χ2v) is 4.31. The van der Waals surface area contributed by atoms with Crippen molar-refractivity contribution in [2.24, 2.45) is 0 Å². The van der Waals surface area contributed by atoms with Crippen LogP contribution in [0.15, 0.2) is 23.1 Å². The van der Waals surface area contributed by atoms with Crippen LogP contribution in [0.2, 0.25) is 0 Å². The summed E-state index contributed by atoms with van der Waals surface area (Å²) in [6.07, 6.45) is 0. The molecule has 18 heavy (non-hydrogen) atoms. The third kappa shape index (κ3) is 4.35. The molecular formula is C8H6NNaO7S. The molecule has 0 bridgehead atoms. The van der Waals surface area contributed by atoms with Crippen molar-refractivity contribution in [3.05, 3.63) is 28.3 Å². The van der Waals surface area contributed by atoms with Gasteiger partial charge in [0.15, 0.2) is 0 Å². The largest absolute Gasteiger partial charge is 1.00 e. The van der Waals surface area contributed by atoms with E-state index in [0.717, 1.165) is 19.1 Å². The molecule has 0 heterocycles. The number of ether oxygens (including phenoxy) is 1. The molecule has 0 aliphatic heterocycles. The Hall–Kier alpha value is -1.000. The van der Waals surface area contributed by atoms with E-state index in [0.29, 0.717) is 6.07 Å². The van der Waals surface area contributed by atoms with E-state index in [2.05, 4.69) is 4.74 Å². The zero-order valence-electron chi connectivity index (χ0n) is 9.45. The minimum Gasteiger partial charge on any atom is -0.744 e. The third-order valence-electron chi connectivity index (χ3n) is 1.67. The number of esters is 1. The van der Waals surface area contributed by atoms with E-state index in [-0.39, 0.29) is 29.6 Å². The van der Waals surface area contributed by atoms with Crippen molar-refractivity contribution in [2.45, 2.75) is 11.8 Å². The van der Waals surface area contributed by atoms with Crippen molar-refractivity contribution in [2.75, 3.05) is 0 Å². The van der Waals surface area contributed by atoms with E-state index in [4.69, 9.17) is 0 Å². The Morgan fingerprint density at radius 2 is 1.94 bits per heavy atom. The third-order valence-corrected chi connectivity index (χ3v) is 2.50. The second kappa shape index (κ2) is 6.25. The van der Waals surface area contributed by atoms with E-state index in [1.54, 1.807) is 0 Å². The minimum absolute atomic E-state index is 0. The molecule has 0 fully saturated rings. The molecule has 0 saturated carbocycles. The van der Waals surface area contributed by atoms with E-state index in [1.165, 1.54) is 0 Å². The zero-order valence-corrected chi connectivity index (χ0v) is 12.3. The monoisotopic (exact) mass is 283 g/mol. The van der Waals surface area contributed by atoms with Gasteiger partial charge in [0.1, 0.15) is 10.1 Å². The SMILES string of the molecule is CC(=O)Oc1ccc(S(=O)(=O)[O-])cc1[N+](=O)[O-].[Na+]. The number of nitrogens with zero attached hydrogens (tertiary/aromatic N) is 1. The molecule has 0 atom stereocenters. The first kappa shape index (κ1) is 17.0. The molecule has 0 radical (unpaired) electrons. The molecule has 1 rings (SSSR count). The van der Waals surface area contributed by atoms with Gasteiger partial charge >= 0.3 is 41.2 Å². The molecule has 0 aliphatic rings. The number of carbonyl (C=O) groups is 1. The van der Waals surface area contributed by atoms with Crippen LogP contribution in [0.4, 0.5) is 5.69 Å².